The summed E-state index contributed by atoms with van der Waals surface area (Å²) >= 11 is 0. The predicted molar refractivity (Wildman–Crippen MR) is 55.3 cm³/mol. The van der Waals surface area contributed by atoms with Crippen LogP contribution in [-0.4, -0.2) is 32.3 Å². The van der Waals surface area contributed by atoms with Gasteiger partial charge in [0, 0.05) is 37.9 Å². The molecule has 0 aliphatic rings. The lowest BCUT2D eigenvalue weighted by atomic mass is 10.6. The molecule has 0 unspecified atom stereocenters. The third-order valence-corrected chi connectivity index (χ3v) is 2.11. The molecule has 0 saturated carbocycles. The van der Waals surface area contributed by atoms with E-state index in [1.54, 1.807) is 25.0 Å². The van der Waals surface area contributed by atoms with Crippen molar-refractivity contribution in [3.05, 3.63) is 37.4 Å². The second-order valence-corrected chi connectivity index (χ2v) is 3.21. The van der Waals surface area contributed by atoms with Crippen molar-refractivity contribution in [1.82, 2.24) is 19.1 Å². The number of hydrogen-bond acceptors (Lipinski definition) is 3. The molecule has 2 aromatic rings. The molecule has 5 heteroatoms. The Labute approximate surface area is 88.3 Å². The molecule has 5 nitrogen and oxygen atoms in total. The first-order valence-electron chi connectivity index (χ1n) is 4.94. The minimum Gasteiger partial charge on any atom is -0.378 e. The Kier molecular flexibility index (Phi) is 3.51. The fraction of sp³-hybridized carbons (Fsp3) is 0.400. The van der Waals surface area contributed by atoms with Gasteiger partial charge in [-0.2, -0.15) is 0 Å². The van der Waals surface area contributed by atoms with E-state index in [9.17, 15) is 0 Å². The van der Waals surface area contributed by atoms with Gasteiger partial charge < -0.3 is 13.9 Å². The first-order chi connectivity index (χ1) is 7.45. The number of ether oxygens (including phenoxy) is 1. The number of rotatable bonds is 6. The van der Waals surface area contributed by atoms with Gasteiger partial charge in [-0.1, -0.05) is 0 Å². The maximum absolute atomic E-state index is 5.48. The zero-order chi connectivity index (χ0) is 10.3. The standard InChI is InChI=1S/C10H14N4O/c1-3-13(9-11-1)5-7-15-8-6-14-4-2-12-10-14/h1-4,9-10H,5-8H2. The van der Waals surface area contributed by atoms with Crippen LogP contribution in [0.2, 0.25) is 0 Å². The average molecular weight is 206 g/mol. The molecule has 0 aromatic carbocycles. The van der Waals surface area contributed by atoms with E-state index in [-0.39, 0.29) is 0 Å². The Balaban J connectivity index is 1.56. The van der Waals surface area contributed by atoms with Crippen molar-refractivity contribution in [3.63, 3.8) is 0 Å². The van der Waals surface area contributed by atoms with Gasteiger partial charge >= 0.3 is 0 Å². The van der Waals surface area contributed by atoms with Crippen molar-refractivity contribution in [3.8, 4) is 0 Å². The molecule has 0 amide bonds. The quantitative estimate of drug-likeness (QED) is 0.656. The van der Waals surface area contributed by atoms with Crippen LogP contribution >= 0.6 is 0 Å². The van der Waals surface area contributed by atoms with Crippen LogP contribution in [0.15, 0.2) is 37.4 Å². The van der Waals surface area contributed by atoms with Gasteiger partial charge in [0.25, 0.3) is 0 Å². The molecule has 0 radical (unpaired) electrons. The van der Waals surface area contributed by atoms with E-state index in [2.05, 4.69) is 9.97 Å². The summed E-state index contributed by atoms with van der Waals surface area (Å²) in [4.78, 5) is 7.91. The van der Waals surface area contributed by atoms with Crippen LogP contribution in [0, 0.1) is 0 Å². The lowest BCUT2D eigenvalue weighted by molar-refractivity contribution is 0.118. The summed E-state index contributed by atoms with van der Waals surface area (Å²) in [6.45, 7) is 3.13. The molecule has 0 atom stereocenters. The Bertz CT molecular complexity index is 318. The van der Waals surface area contributed by atoms with E-state index in [1.807, 2.05) is 21.5 Å². The topological polar surface area (TPSA) is 44.9 Å². The normalized spacial score (nSPS) is 10.7. The summed E-state index contributed by atoms with van der Waals surface area (Å²) in [7, 11) is 0. The zero-order valence-corrected chi connectivity index (χ0v) is 8.49. The summed E-state index contributed by atoms with van der Waals surface area (Å²) in [5, 5.41) is 0. The van der Waals surface area contributed by atoms with E-state index in [0.717, 1.165) is 13.1 Å². The molecule has 2 aromatic heterocycles. The first-order valence-corrected chi connectivity index (χ1v) is 4.94. The van der Waals surface area contributed by atoms with Crippen LogP contribution in [0.4, 0.5) is 0 Å². The SMILES string of the molecule is c1cn(CCOCCn2ccnc2)cn1. The number of hydrogen-bond donors (Lipinski definition) is 0. The highest BCUT2D eigenvalue weighted by Gasteiger charge is 1.92. The van der Waals surface area contributed by atoms with E-state index in [4.69, 9.17) is 4.74 Å². The lowest BCUT2D eigenvalue weighted by Crippen LogP contribution is -2.08. The van der Waals surface area contributed by atoms with Crippen LogP contribution in [-0.2, 0) is 17.8 Å². The Morgan fingerprint density at radius 3 is 1.80 bits per heavy atom. The van der Waals surface area contributed by atoms with Crippen molar-refractivity contribution in [2.45, 2.75) is 13.1 Å². The van der Waals surface area contributed by atoms with Crippen LogP contribution < -0.4 is 0 Å². The molecular formula is C10H14N4O. The molecular weight excluding hydrogens is 192 g/mol. The summed E-state index contributed by atoms with van der Waals surface area (Å²) in [5.41, 5.74) is 0. The molecule has 0 aliphatic carbocycles. The fourth-order valence-corrected chi connectivity index (χ4v) is 1.28. The van der Waals surface area contributed by atoms with Gasteiger partial charge in [-0.05, 0) is 0 Å². The van der Waals surface area contributed by atoms with Gasteiger partial charge in [-0.15, -0.1) is 0 Å². The Morgan fingerprint density at radius 2 is 1.40 bits per heavy atom. The van der Waals surface area contributed by atoms with E-state index in [1.165, 1.54) is 0 Å². The second kappa shape index (κ2) is 5.31. The van der Waals surface area contributed by atoms with Crippen molar-refractivity contribution in [2.24, 2.45) is 0 Å². The Hall–Kier alpha value is -1.62. The molecule has 2 rings (SSSR count). The van der Waals surface area contributed by atoms with Crippen LogP contribution in [0.1, 0.15) is 0 Å². The molecule has 2 heterocycles. The third-order valence-electron chi connectivity index (χ3n) is 2.11. The fourth-order valence-electron chi connectivity index (χ4n) is 1.28. The van der Waals surface area contributed by atoms with Crippen LogP contribution in [0.25, 0.3) is 0 Å². The largest absolute Gasteiger partial charge is 0.378 e. The molecule has 0 bridgehead atoms. The first kappa shape index (κ1) is 9.92. The summed E-state index contributed by atoms with van der Waals surface area (Å²) in [6, 6.07) is 0. The number of imidazole rings is 2. The van der Waals surface area contributed by atoms with Crippen LogP contribution in [0.3, 0.4) is 0 Å². The highest BCUT2D eigenvalue weighted by Crippen LogP contribution is 1.89. The van der Waals surface area contributed by atoms with Gasteiger partial charge in [0.2, 0.25) is 0 Å². The average Bonchev–Trinajstić information content (AvgIpc) is 2.88. The summed E-state index contributed by atoms with van der Waals surface area (Å²) < 4.78 is 9.48. The molecule has 0 fully saturated rings. The summed E-state index contributed by atoms with van der Waals surface area (Å²) in [5.74, 6) is 0. The van der Waals surface area contributed by atoms with Crippen molar-refractivity contribution in [1.29, 1.82) is 0 Å². The van der Waals surface area contributed by atoms with Gasteiger partial charge in [0.05, 0.1) is 25.9 Å². The molecule has 0 aliphatic heterocycles. The smallest absolute Gasteiger partial charge is 0.0946 e. The maximum Gasteiger partial charge on any atom is 0.0946 e. The molecule has 80 valence electrons. The lowest BCUT2D eigenvalue weighted by Gasteiger charge is -2.05. The molecule has 0 N–H and O–H groups in total. The second-order valence-electron chi connectivity index (χ2n) is 3.21. The number of nitrogens with zero attached hydrogens (tertiary/aromatic N) is 4. The highest BCUT2D eigenvalue weighted by molar-refractivity contribution is 4.74. The van der Waals surface area contributed by atoms with Crippen LogP contribution in [0.5, 0.6) is 0 Å². The van der Waals surface area contributed by atoms with Gasteiger partial charge in [-0.3, -0.25) is 0 Å². The van der Waals surface area contributed by atoms with Gasteiger partial charge in [-0.25, -0.2) is 9.97 Å². The van der Waals surface area contributed by atoms with Gasteiger partial charge in [0.15, 0.2) is 0 Å². The number of aromatic nitrogens is 4. The Morgan fingerprint density at radius 1 is 0.867 bits per heavy atom. The van der Waals surface area contributed by atoms with E-state index in [0.29, 0.717) is 13.2 Å². The minimum absolute atomic E-state index is 0.713. The minimum atomic E-state index is 0.713. The zero-order valence-electron chi connectivity index (χ0n) is 8.49. The maximum atomic E-state index is 5.48. The summed E-state index contributed by atoms with van der Waals surface area (Å²) in [6.07, 6.45) is 11.0. The molecule has 0 saturated heterocycles. The monoisotopic (exact) mass is 206 g/mol. The van der Waals surface area contributed by atoms with Gasteiger partial charge in [0.1, 0.15) is 0 Å². The predicted octanol–water partition coefficient (Wildman–Crippen LogP) is 0.796. The van der Waals surface area contributed by atoms with Crippen molar-refractivity contribution >= 4 is 0 Å². The molecule has 0 spiro atoms. The highest BCUT2D eigenvalue weighted by atomic mass is 16.5. The van der Waals surface area contributed by atoms with E-state index >= 15 is 0 Å². The molecule has 15 heavy (non-hydrogen) atoms. The van der Waals surface area contributed by atoms with Crippen molar-refractivity contribution < 1.29 is 4.74 Å². The third kappa shape index (κ3) is 3.21. The van der Waals surface area contributed by atoms with Crippen molar-refractivity contribution in [2.75, 3.05) is 13.2 Å². The van der Waals surface area contributed by atoms with E-state index < -0.39 is 0 Å².